The van der Waals surface area contributed by atoms with Crippen molar-refractivity contribution in [3.8, 4) is 0 Å². The summed E-state index contributed by atoms with van der Waals surface area (Å²) in [6.45, 7) is 5.06. The summed E-state index contributed by atoms with van der Waals surface area (Å²) < 4.78 is 0. The molecule has 6 unspecified atom stereocenters. The summed E-state index contributed by atoms with van der Waals surface area (Å²) in [6, 6.07) is -4.99. The first-order chi connectivity index (χ1) is 15.8. The van der Waals surface area contributed by atoms with Crippen molar-refractivity contribution in [2.45, 2.75) is 89.6 Å². The van der Waals surface area contributed by atoms with E-state index in [0.717, 1.165) is 0 Å². The molecule has 13 heteroatoms. The van der Waals surface area contributed by atoms with Crippen molar-refractivity contribution in [2.24, 2.45) is 17.4 Å². The van der Waals surface area contributed by atoms with E-state index in [1.54, 1.807) is 13.8 Å². The molecule has 0 aliphatic heterocycles. The van der Waals surface area contributed by atoms with E-state index in [1.807, 2.05) is 0 Å². The van der Waals surface area contributed by atoms with Gasteiger partial charge in [-0.05, 0) is 45.1 Å². The van der Waals surface area contributed by atoms with E-state index in [4.69, 9.17) is 16.6 Å². The predicted octanol–water partition coefficient (Wildman–Crippen LogP) is -1.73. The first-order valence-electron chi connectivity index (χ1n) is 11.3. The van der Waals surface area contributed by atoms with Crippen LogP contribution in [-0.4, -0.2) is 81.8 Å². The van der Waals surface area contributed by atoms with Gasteiger partial charge in [-0.1, -0.05) is 20.3 Å². The molecule has 0 bridgehead atoms. The van der Waals surface area contributed by atoms with Crippen LogP contribution in [0.15, 0.2) is 0 Å². The highest BCUT2D eigenvalue weighted by Gasteiger charge is 2.33. The molecule has 0 aliphatic carbocycles. The molecule has 3 amide bonds. The number of carbonyl (C=O) groups is 5. The van der Waals surface area contributed by atoms with Gasteiger partial charge in [-0.15, -0.1) is 0 Å². The van der Waals surface area contributed by atoms with Gasteiger partial charge in [0.15, 0.2) is 0 Å². The number of nitrogens with one attached hydrogen (secondary N) is 3. The Morgan fingerprint density at radius 2 is 1.44 bits per heavy atom. The van der Waals surface area contributed by atoms with Crippen LogP contribution in [0.2, 0.25) is 0 Å². The van der Waals surface area contributed by atoms with Crippen LogP contribution >= 0.6 is 0 Å². The second-order valence-electron chi connectivity index (χ2n) is 8.32. The fourth-order valence-corrected chi connectivity index (χ4v) is 3.04. The second kappa shape index (κ2) is 16.0. The minimum atomic E-state index is -1.47. The van der Waals surface area contributed by atoms with Gasteiger partial charge in [-0.2, -0.15) is 0 Å². The molecule has 0 fully saturated rings. The lowest BCUT2D eigenvalue weighted by atomic mass is 9.98. The average Bonchev–Trinajstić information content (AvgIpc) is 2.77. The molecular weight excluding hydrogens is 450 g/mol. The number of unbranched alkanes of at least 4 members (excludes halogenated alkanes) is 1. The lowest BCUT2D eigenvalue weighted by molar-refractivity contribution is -0.144. The Kier molecular flexibility index (Phi) is 14.7. The van der Waals surface area contributed by atoms with E-state index in [-0.39, 0.29) is 25.2 Å². The molecular formula is C21H39N5O8. The maximum absolute atomic E-state index is 12.8. The lowest BCUT2D eigenvalue weighted by Crippen LogP contribution is -2.60. The third kappa shape index (κ3) is 11.4. The van der Waals surface area contributed by atoms with Crippen molar-refractivity contribution < 1.29 is 39.3 Å². The number of carboxylic acids is 2. The number of carbonyl (C=O) groups excluding carboxylic acids is 3. The van der Waals surface area contributed by atoms with Crippen LogP contribution in [0.4, 0.5) is 0 Å². The van der Waals surface area contributed by atoms with Crippen molar-refractivity contribution in [2.75, 3.05) is 6.54 Å². The van der Waals surface area contributed by atoms with Crippen molar-refractivity contribution in [1.82, 2.24) is 16.0 Å². The van der Waals surface area contributed by atoms with Crippen molar-refractivity contribution in [3.05, 3.63) is 0 Å². The van der Waals surface area contributed by atoms with Gasteiger partial charge in [0.05, 0.1) is 12.1 Å². The van der Waals surface area contributed by atoms with Crippen LogP contribution in [0.3, 0.4) is 0 Å². The number of amides is 3. The van der Waals surface area contributed by atoms with Crippen LogP contribution in [-0.2, 0) is 24.0 Å². The van der Waals surface area contributed by atoms with Crippen LogP contribution in [0, 0.1) is 5.92 Å². The Balaban J connectivity index is 5.45. The summed E-state index contributed by atoms with van der Waals surface area (Å²) in [7, 11) is 0. The zero-order chi connectivity index (χ0) is 26.4. The predicted molar refractivity (Wildman–Crippen MR) is 122 cm³/mol. The topological polar surface area (TPSA) is 234 Å². The number of nitrogens with two attached hydrogens (primary N) is 2. The number of carboxylic acid groups (broad SMARTS) is 2. The third-order valence-electron chi connectivity index (χ3n) is 5.43. The van der Waals surface area contributed by atoms with Crippen LogP contribution < -0.4 is 27.4 Å². The number of aliphatic hydroxyl groups excluding tert-OH is 1. The first-order valence-corrected chi connectivity index (χ1v) is 11.3. The van der Waals surface area contributed by atoms with Crippen LogP contribution in [0.25, 0.3) is 0 Å². The summed E-state index contributed by atoms with van der Waals surface area (Å²) >= 11 is 0. The minimum Gasteiger partial charge on any atom is -0.481 e. The lowest BCUT2D eigenvalue weighted by Gasteiger charge is -2.27. The summed E-state index contributed by atoms with van der Waals surface area (Å²) in [5.41, 5.74) is 11.1. The molecule has 0 aromatic rings. The molecule has 0 saturated carbocycles. The van der Waals surface area contributed by atoms with Crippen molar-refractivity contribution in [1.29, 1.82) is 0 Å². The standard InChI is InChI=1S/C21H39N5O8/c1-4-11(2)16(21(33)34)25-19(31)14(7-5-6-10-22)24-20(32)17(12(3)27)26-18(30)13(23)8-9-15(28)29/h11-14,16-17,27H,4-10,22-23H2,1-3H3,(H,24,32)(H,25,31)(H,26,30)(H,28,29)(H,33,34). The summed E-state index contributed by atoms with van der Waals surface area (Å²) in [5, 5.41) is 35.3. The number of hydrogen-bond acceptors (Lipinski definition) is 8. The van der Waals surface area contributed by atoms with Gasteiger partial charge in [-0.3, -0.25) is 19.2 Å². The minimum absolute atomic E-state index is 0.153. The summed E-state index contributed by atoms with van der Waals surface area (Å²) in [4.78, 5) is 60.1. The smallest absolute Gasteiger partial charge is 0.326 e. The Hall–Kier alpha value is -2.77. The molecule has 0 aromatic carbocycles. The van der Waals surface area contributed by atoms with Gasteiger partial charge >= 0.3 is 11.9 Å². The molecule has 0 spiro atoms. The Bertz CT molecular complexity index is 703. The second-order valence-corrected chi connectivity index (χ2v) is 8.32. The van der Waals surface area contributed by atoms with Crippen LogP contribution in [0.5, 0.6) is 0 Å². The summed E-state index contributed by atoms with van der Waals surface area (Å²) in [5.74, 6) is -5.15. The average molecular weight is 490 g/mol. The molecule has 0 aliphatic rings. The zero-order valence-corrected chi connectivity index (χ0v) is 20.0. The Morgan fingerprint density at radius 1 is 0.853 bits per heavy atom. The highest BCUT2D eigenvalue weighted by atomic mass is 16.4. The number of aliphatic carboxylic acids is 2. The molecule has 34 heavy (non-hydrogen) atoms. The number of aliphatic hydroxyl groups is 1. The Labute approximate surface area is 199 Å². The molecule has 196 valence electrons. The number of rotatable bonds is 17. The van der Waals surface area contributed by atoms with Gasteiger partial charge in [0.25, 0.3) is 0 Å². The summed E-state index contributed by atoms with van der Waals surface area (Å²) in [6.07, 6.45) is -0.227. The van der Waals surface area contributed by atoms with Gasteiger partial charge in [0.2, 0.25) is 17.7 Å². The number of hydrogen-bond donors (Lipinski definition) is 8. The molecule has 13 nitrogen and oxygen atoms in total. The van der Waals surface area contributed by atoms with E-state index >= 15 is 0 Å². The monoisotopic (exact) mass is 489 g/mol. The van der Waals surface area contributed by atoms with E-state index in [1.165, 1.54) is 6.92 Å². The zero-order valence-electron chi connectivity index (χ0n) is 20.0. The SMILES string of the molecule is CCC(C)C(NC(=O)C(CCCCN)NC(=O)C(NC(=O)C(N)CCC(=O)O)C(C)O)C(=O)O. The fourth-order valence-electron chi connectivity index (χ4n) is 3.04. The van der Waals surface area contributed by atoms with Gasteiger partial charge in [0.1, 0.15) is 18.1 Å². The van der Waals surface area contributed by atoms with E-state index in [0.29, 0.717) is 25.8 Å². The molecule has 0 saturated heterocycles. The van der Waals surface area contributed by atoms with Gasteiger partial charge < -0.3 is 42.7 Å². The molecule has 0 heterocycles. The van der Waals surface area contributed by atoms with Gasteiger partial charge in [-0.25, -0.2) is 4.79 Å². The fraction of sp³-hybridized carbons (Fsp3) is 0.762. The molecule has 6 atom stereocenters. The Morgan fingerprint density at radius 3 is 1.91 bits per heavy atom. The maximum atomic E-state index is 12.8. The van der Waals surface area contributed by atoms with Crippen molar-refractivity contribution >= 4 is 29.7 Å². The highest BCUT2D eigenvalue weighted by molar-refractivity contribution is 5.94. The normalized spacial score (nSPS) is 16.3. The molecule has 0 rings (SSSR count). The highest BCUT2D eigenvalue weighted by Crippen LogP contribution is 2.10. The van der Waals surface area contributed by atoms with E-state index < -0.39 is 59.9 Å². The van der Waals surface area contributed by atoms with Crippen LogP contribution in [0.1, 0.15) is 59.3 Å². The quantitative estimate of drug-likeness (QED) is 0.107. The molecule has 10 N–H and O–H groups in total. The molecule has 0 radical (unpaired) electrons. The first kappa shape index (κ1) is 31.2. The van der Waals surface area contributed by atoms with E-state index in [2.05, 4.69) is 16.0 Å². The van der Waals surface area contributed by atoms with E-state index in [9.17, 15) is 34.2 Å². The third-order valence-corrected chi connectivity index (χ3v) is 5.43. The van der Waals surface area contributed by atoms with Crippen molar-refractivity contribution in [3.63, 3.8) is 0 Å². The molecule has 0 aromatic heterocycles. The van der Waals surface area contributed by atoms with Gasteiger partial charge in [0, 0.05) is 6.42 Å². The largest absolute Gasteiger partial charge is 0.481 e. The maximum Gasteiger partial charge on any atom is 0.326 e.